The molecule has 1 heterocycles. The fraction of sp³-hybridized carbons (Fsp3) is 0.222. The molecule has 2 aromatic rings. The minimum absolute atomic E-state index is 0.0295. The first-order valence-corrected chi connectivity index (χ1v) is 6.79. The van der Waals surface area contributed by atoms with E-state index in [2.05, 4.69) is 22.1 Å². The third-order valence-electron chi connectivity index (χ3n) is 2.86. The van der Waals surface area contributed by atoms with Gasteiger partial charge in [-0.3, -0.25) is 9.78 Å². The molecule has 0 fully saturated rings. The number of hydrogen-bond acceptors (Lipinski definition) is 2. The van der Waals surface area contributed by atoms with Crippen molar-refractivity contribution < 1.29 is 4.79 Å². The molecule has 3 nitrogen and oxygen atoms in total. The number of carbonyl (C=O) groups excluding carboxylic acids is 1. The zero-order valence-corrected chi connectivity index (χ0v) is 12.5. The minimum Gasteiger partial charge on any atom is -0.325 e. The summed E-state index contributed by atoms with van der Waals surface area (Å²) in [4.78, 5) is 16.1. The maximum Gasteiger partial charge on any atom is 0.229 e. The molecule has 0 aliphatic rings. The molecule has 0 radical (unpaired) electrons. The number of anilines is 1. The van der Waals surface area contributed by atoms with Crippen LogP contribution in [0.2, 0.25) is 0 Å². The standard InChI is InChI=1S/C18H18N2O/c1-18(2,3)17(21)20-16-9-5-4-8-15(16)11-10-14-7-6-12-19-13-14/h4-9,12-13H,1-3H3,(H,20,21). The molecule has 2 rings (SSSR count). The number of nitrogens with one attached hydrogen (secondary N) is 1. The summed E-state index contributed by atoms with van der Waals surface area (Å²) >= 11 is 0. The second-order valence-electron chi connectivity index (χ2n) is 5.74. The van der Waals surface area contributed by atoms with Gasteiger partial charge in [0.2, 0.25) is 5.91 Å². The van der Waals surface area contributed by atoms with Gasteiger partial charge in [-0.15, -0.1) is 0 Å². The first-order chi connectivity index (χ1) is 9.97. The van der Waals surface area contributed by atoms with Crippen LogP contribution in [0.15, 0.2) is 48.8 Å². The molecule has 3 heteroatoms. The number of nitrogens with zero attached hydrogens (tertiary/aromatic N) is 1. The molecule has 106 valence electrons. The fourth-order valence-electron chi connectivity index (χ4n) is 1.59. The van der Waals surface area contributed by atoms with Crippen LogP contribution in [0.4, 0.5) is 5.69 Å². The Morgan fingerprint density at radius 1 is 1.10 bits per heavy atom. The zero-order valence-electron chi connectivity index (χ0n) is 12.5. The Balaban J connectivity index is 2.26. The summed E-state index contributed by atoms with van der Waals surface area (Å²) in [5.41, 5.74) is 1.92. The number of rotatable bonds is 1. The lowest BCUT2D eigenvalue weighted by Gasteiger charge is -2.18. The van der Waals surface area contributed by atoms with E-state index in [1.165, 1.54) is 0 Å². The number of pyridine rings is 1. The first kappa shape index (κ1) is 14.8. The Morgan fingerprint density at radius 2 is 1.86 bits per heavy atom. The van der Waals surface area contributed by atoms with Crippen molar-refractivity contribution >= 4 is 11.6 Å². The first-order valence-electron chi connectivity index (χ1n) is 6.79. The highest BCUT2D eigenvalue weighted by Gasteiger charge is 2.21. The molecule has 1 aromatic heterocycles. The molecule has 0 unspecified atom stereocenters. The number of amides is 1. The van der Waals surface area contributed by atoms with Crippen molar-refractivity contribution in [3.63, 3.8) is 0 Å². The van der Waals surface area contributed by atoms with Crippen LogP contribution in [0.3, 0.4) is 0 Å². The van der Waals surface area contributed by atoms with E-state index in [0.29, 0.717) is 0 Å². The molecule has 0 aliphatic carbocycles. The average molecular weight is 278 g/mol. The predicted molar refractivity (Wildman–Crippen MR) is 84.7 cm³/mol. The molecular weight excluding hydrogens is 260 g/mol. The van der Waals surface area contributed by atoms with Crippen LogP contribution in [0.1, 0.15) is 31.9 Å². The topological polar surface area (TPSA) is 42.0 Å². The maximum atomic E-state index is 12.1. The van der Waals surface area contributed by atoms with E-state index in [9.17, 15) is 4.79 Å². The second kappa shape index (κ2) is 6.23. The van der Waals surface area contributed by atoms with Gasteiger partial charge in [0.25, 0.3) is 0 Å². The lowest BCUT2D eigenvalue weighted by molar-refractivity contribution is -0.123. The summed E-state index contributed by atoms with van der Waals surface area (Å²) in [6.07, 6.45) is 3.42. The fourth-order valence-corrected chi connectivity index (χ4v) is 1.59. The molecule has 21 heavy (non-hydrogen) atoms. The molecule has 0 aliphatic heterocycles. The van der Waals surface area contributed by atoms with Crippen LogP contribution in [0.5, 0.6) is 0 Å². The van der Waals surface area contributed by atoms with Crippen LogP contribution < -0.4 is 5.32 Å². The molecular formula is C18H18N2O. The van der Waals surface area contributed by atoms with Gasteiger partial charge in [0.1, 0.15) is 0 Å². The lowest BCUT2D eigenvalue weighted by Crippen LogP contribution is -2.27. The van der Waals surface area contributed by atoms with Gasteiger partial charge in [-0.05, 0) is 24.3 Å². The predicted octanol–water partition coefficient (Wildman–Crippen LogP) is 3.47. The van der Waals surface area contributed by atoms with E-state index in [4.69, 9.17) is 0 Å². The highest BCUT2D eigenvalue weighted by molar-refractivity contribution is 5.95. The number of para-hydroxylation sites is 1. The van der Waals surface area contributed by atoms with E-state index < -0.39 is 5.41 Å². The lowest BCUT2D eigenvalue weighted by atomic mass is 9.95. The molecule has 0 spiro atoms. The van der Waals surface area contributed by atoms with E-state index in [1.807, 2.05) is 57.2 Å². The van der Waals surface area contributed by atoms with Crippen LogP contribution in [-0.4, -0.2) is 10.9 Å². The Kier molecular flexibility index (Phi) is 4.39. The molecule has 0 bridgehead atoms. The SMILES string of the molecule is CC(C)(C)C(=O)Nc1ccccc1C#Cc1cccnc1. The van der Waals surface area contributed by atoms with E-state index in [1.54, 1.807) is 12.4 Å². The summed E-state index contributed by atoms with van der Waals surface area (Å²) in [6.45, 7) is 5.64. The summed E-state index contributed by atoms with van der Waals surface area (Å²) in [6, 6.07) is 11.3. The number of carbonyl (C=O) groups is 1. The Labute approximate surface area is 125 Å². The van der Waals surface area contributed by atoms with E-state index >= 15 is 0 Å². The third kappa shape index (κ3) is 4.19. The van der Waals surface area contributed by atoms with Gasteiger partial charge < -0.3 is 5.32 Å². The number of aromatic nitrogens is 1. The highest BCUT2D eigenvalue weighted by Crippen LogP contribution is 2.19. The summed E-state index contributed by atoms with van der Waals surface area (Å²) in [7, 11) is 0. The third-order valence-corrected chi connectivity index (χ3v) is 2.86. The number of benzene rings is 1. The van der Waals surface area contributed by atoms with Gasteiger partial charge in [-0.2, -0.15) is 0 Å². The molecule has 1 amide bonds. The molecule has 0 saturated carbocycles. The summed E-state index contributed by atoms with van der Waals surface area (Å²) in [5, 5.41) is 2.93. The molecule has 0 saturated heterocycles. The summed E-state index contributed by atoms with van der Waals surface area (Å²) in [5.74, 6) is 6.10. The molecule has 1 aromatic carbocycles. The van der Waals surface area contributed by atoms with Crippen molar-refractivity contribution in [1.82, 2.24) is 4.98 Å². The van der Waals surface area contributed by atoms with Gasteiger partial charge in [-0.1, -0.05) is 44.7 Å². The van der Waals surface area contributed by atoms with Crippen LogP contribution in [0, 0.1) is 17.3 Å². The monoisotopic (exact) mass is 278 g/mol. The van der Waals surface area contributed by atoms with Crippen molar-refractivity contribution in [2.45, 2.75) is 20.8 Å². The quantitative estimate of drug-likeness (QED) is 0.812. The van der Waals surface area contributed by atoms with Gasteiger partial charge in [0, 0.05) is 28.9 Å². The van der Waals surface area contributed by atoms with Crippen LogP contribution in [0.25, 0.3) is 0 Å². The Bertz CT molecular complexity index is 688. The van der Waals surface area contributed by atoms with Crippen molar-refractivity contribution in [2.24, 2.45) is 5.41 Å². The van der Waals surface area contributed by atoms with Gasteiger partial charge in [0.05, 0.1) is 5.69 Å². The van der Waals surface area contributed by atoms with Crippen molar-refractivity contribution in [3.8, 4) is 11.8 Å². The average Bonchev–Trinajstić information content (AvgIpc) is 2.46. The zero-order chi connectivity index (χ0) is 15.3. The highest BCUT2D eigenvalue weighted by atomic mass is 16.2. The minimum atomic E-state index is -0.441. The van der Waals surface area contributed by atoms with Crippen LogP contribution in [-0.2, 0) is 4.79 Å². The van der Waals surface area contributed by atoms with Gasteiger partial charge in [0.15, 0.2) is 0 Å². The van der Waals surface area contributed by atoms with Gasteiger partial charge in [-0.25, -0.2) is 0 Å². The number of hydrogen-bond donors (Lipinski definition) is 1. The summed E-state index contributed by atoms with van der Waals surface area (Å²) < 4.78 is 0. The maximum absolute atomic E-state index is 12.1. The molecule has 1 N–H and O–H groups in total. The van der Waals surface area contributed by atoms with Crippen molar-refractivity contribution in [1.29, 1.82) is 0 Å². The van der Waals surface area contributed by atoms with Crippen molar-refractivity contribution in [2.75, 3.05) is 5.32 Å². The second-order valence-corrected chi connectivity index (χ2v) is 5.74. The van der Waals surface area contributed by atoms with Crippen LogP contribution >= 0.6 is 0 Å². The Hall–Kier alpha value is -2.60. The normalized spacial score (nSPS) is 10.4. The van der Waals surface area contributed by atoms with Gasteiger partial charge >= 0.3 is 0 Å². The Morgan fingerprint density at radius 3 is 2.52 bits per heavy atom. The van der Waals surface area contributed by atoms with E-state index in [0.717, 1.165) is 16.8 Å². The molecule has 0 atom stereocenters. The smallest absolute Gasteiger partial charge is 0.229 e. The van der Waals surface area contributed by atoms with E-state index in [-0.39, 0.29) is 5.91 Å². The largest absolute Gasteiger partial charge is 0.325 e. The van der Waals surface area contributed by atoms with Crippen molar-refractivity contribution in [3.05, 3.63) is 59.9 Å².